The maximum absolute atomic E-state index is 12.3. The second-order valence-corrected chi connectivity index (χ2v) is 5.00. The van der Waals surface area contributed by atoms with Crippen LogP contribution >= 0.6 is 0 Å². The minimum absolute atomic E-state index is 0.0709. The average molecular weight is 271 g/mol. The second kappa shape index (κ2) is 6.48. The number of hydrogen-bond donors (Lipinski definition) is 2. The van der Waals surface area contributed by atoms with Crippen molar-refractivity contribution in [3.8, 4) is 0 Å². The zero-order valence-corrected chi connectivity index (χ0v) is 12.2. The number of fused-ring (bicyclic) bond motifs is 1. The Kier molecular flexibility index (Phi) is 4.69. The van der Waals surface area contributed by atoms with Crippen LogP contribution in [0.25, 0.3) is 10.9 Å². The van der Waals surface area contributed by atoms with Crippen LogP contribution < -0.4 is 10.6 Å². The Hall–Kier alpha value is -1.94. The van der Waals surface area contributed by atoms with Crippen molar-refractivity contribution in [2.75, 3.05) is 13.1 Å². The van der Waals surface area contributed by atoms with Gasteiger partial charge in [0.2, 0.25) is 0 Å². The summed E-state index contributed by atoms with van der Waals surface area (Å²) >= 11 is 0. The first-order chi connectivity index (χ1) is 9.61. The van der Waals surface area contributed by atoms with Crippen molar-refractivity contribution < 1.29 is 4.79 Å². The van der Waals surface area contributed by atoms with Gasteiger partial charge in [0.25, 0.3) is 5.91 Å². The van der Waals surface area contributed by atoms with E-state index in [4.69, 9.17) is 0 Å². The fourth-order valence-corrected chi connectivity index (χ4v) is 2.19. The molecule has 1 aromatic carbocycles. The van der Waals surface area contributed by atoms with Gasteiger partial charge >= 0.3 is 0 Å². The highest BCUT2D eigenvalue weighted by Gasteiger charge is 2.11. The molecule has 0 saturated heterocycles. The Morgan fingerprint density at radius 1 is 1.30 bits per heavy atom. The summed E-state index contributed by atoms with van der Waals surface area (Å²) in [6.07, 6.45) is 0. The predicted octanol–water partition coefficient (Wildman–Crippen LogP) is 2.27. The zero-order valence-electron chi connectivity index (χ0n) is 12.2. The van der Waals surface area contributed by atoms with Gasteiger partial charge in [-0.1, -0.05) is 25.1 Å². The van der Waals surface area contributed by atoms with Gasteiger partial charge in [0.15, 0.2) is 0 Å². The first-order valence-electron chi connectivity index (χ1n) is 6.99. The lowest BCUT2D eigenvalue weighted by Crippen LogP contribution is -2.38. The molecule has 0 fully saturated rings. The summed E-state index contributed by atoms with van der Waals surface area (Å²) in [5.41, 5.74) is 2.31. The molecule has 0 unspecified atom stereocenters. The molecule has 0 aliphatic rings. The van der Waals surface area contributed by atoms with Gasteiger partial charge in [-0.25, -0.2) is 0 Å². The fourth-order valence-electron chi connectivity index (χ4n) is 2.19. The summed E-state index contributed by atoms with van der Waals surface area (Å²) < 4.78 is 0. The number of nitrogens with zero attached hydrogens (tertiary/aromatic N) is 1. The van der Waals surface area contributed by atoms with Crippen molar-refractivity contribution in [3.05, 3.63) is 41.6 Å². The maximum atomic E-state index is 12.3. The quantitative estimate of drug-likeness (QED) is 0.877. The number of para-hydroxylation sites is 1. The smallest absolute Gasteiger partial charge is 0.253 e. The topological polar surface area (TPSA) is 54.0 Å². The molecule has 20 heavy (non-hydrogen) atoms. The van der Waals surface area contributed by atoms with Gasteiger partial charge < -0.3 is 10.6 Å². The monoisotopic (exact) mass is 271 g/mol. The molecular formula is C16H21N3O. The number of rotatable bonds is 5. The van der Waals surface area contributed by atoms with Crippen molar-refractivity contribution >= 4 is 16.8 Å². The van der Waals surface area contributed by atoms with Crippen molar-refractivity contribution in [2.24, 2.45) is 0 Å². The number of hydrogen-bond acceptors (Lipinski definition) is 3. The van der Waals surface area contributed by atoms with Crippen LogP contribution in [0.2, 0.25) is 0 Å². The van der Waals surface area contributed by atoms with Crippen LogP contribution in [0.5, 0.6) is 0 Å². The third-order valence-corrected chi connectivity index (χ3v) is 3.23. The molecular weight excluding hydrogens is 250 g/mol. The summed E-state index contributed by atoms with van der Waals surface area (Å²) in [4.78, 5) is 16.8. The second-order valence-electron chi connectivity index (χ2n) is 5.00. The number of benzene rings is 1. The Bertz CT molecular complexity index is 610. The molecule has 0 bridgehead atoms. The van der Waals surface area contributed by atoms with Crippen LogP contribution in [0.15, 0.2) is 30.3 Å². The summed E-state index contributed by atoms with van der Waals surface area (Å²) in [6.45, 7) is 7.54. The minimum Gasteiger partial charge on any atom is -0.350 e. The third kappa shape index (κ3) is 3.33. The lowest BCUT2D eigenvalue weighted by atomic mass is 10.1. The number of nitrogens with one attached hydrogen (secondary N) is 2. The van der Waals surface area contributed by atoms with Crippen molar-refractivity contribution in [3.63, 3.8) is 0 Å². The standard InChI is InChI=1S/C16H21N3O/c1-4-17-12(3)10-18-16(20)14-7-5-6-13-9-8-11(2)19-15(13)14/h5-9,12,17H,4,10H2,1-3H3,(H,18,20)/t12-/m1/s1. The van der Waals surface area contributed by atoms with Crippen LogP contribution in [-0.2, 0) is 0 Å². The largest absolute Gasteiger partial charge is 0.350 e. The molecule has 4 nitrogen and oxygen atoms in total. The van der Waals surface area contributed by atoms with E-state index in [-0.39, 0.29) is 11.9 Å². The van der Waals surface area contributed by atoms with Gasteiger partial charge in [-0.2, -0.15) is 0 Å². The number of carbonyl (C=O) groups excluding carboxylic acids is 1. The molecule has 2 aromatic rings. The summed E-state index contributed by atoms with van der Waals surface area (Å²) in [5.74, 6) is -0.0709. The van der Waals surface area contributed by atoms with E-state index in [2.05, 4.69) is 29.5 Å². The Labute approximate surface area is 119 Å². The van der Waals surface area contributed by atoms with Crippen molar-refractivity contribution in [1.29, 1.82) is 0 Å². The number of likely N-dealkylation sites (N-methyl/N-ethyl adjacent to an activating group) is 1. The molecule has 0 saturated carbocycles. The highest BCUT2D eigenvalue weighted by Crippen LogP contribution is 2.17. The number of amides is 1. The van der Waals surface area contributed by atoms with E-state index in [0.717, 1.165) is 23.1 Å². The van der Waals surface area contributed by atoms with Crippen LogP contribution in [0.3, 0.4) is 0 Å². The molecule has 0 spiro atoms. The molecule has 1 heterocycles. The molecule has 1 amide bonds. The highest BCUT2D eigenvalue weighted by atomic mass is 16.1. The van der Waals surface area contributed by atoms with Crippen LogP contribution in [0, 0.1) is 6.92 Å². The average Bonchev–Trinajstić information content (AvgIpc) is 2.44. The van der Waals surface area contributed by atoms with E-state index in [1.807, 2.05) is 37.3 Å². The maximum Gasteiger partial charge on any atom is 0.253 e. The van der Waals surface area contributed by atoms with Crippen molar-refractivity contribution in [2.45, 2.75) is 26.8 Å². The number of aryl methyl sites for hydroxylation is 1. The molecule has 2 rings (SSSR count). The number of carbonyl (C=O) groups is 1. The zero-order chi connectivity index (χ0) is 14.5. The van der Waals surface area contributed by atoms with Gasteiger partial charge in [-0.05, 0) is 32.5 Å². The Balaban J connectivity index is 2.19. The summed E-state index contributed by atoms with van der Waals surface area (Å²) in [5, 5.41) is 7.21. The van der Waals surface area contributed by atoms with E-state index in [1.54, 1.807) is 0 Å². The van der Waals surface area contributed by atoms with E-state index in [9.17, 15) is 4.79 Å². The Morgan fingerprint density at radius 2 is 2.10 bits per heavy atom. The first-order valence-corrected chi connectivity index (χ1v) is 6.99. The predicted molar refractivity (Wildman–Crippen MR) is 82.0 cm³/mol. The fraction of sp³-hybridized carbons (Fsp3) is 0.375. The van der Waals surface area contributed by atoms with E-state index in [1.165, 1.54) is 0 Å². The summed E-state index contributed by atoms with van der Waals surface area (Å²) in [6, 6.07) is 9.89. The van der Waals surface area contributed by atoms with Gasteiger partial charge in [-0.15, -0.1) is 0 Å². The molecule has 0 aliphatic heterocycles. The normalized spacial score (nSPS) is 12.3. The molecule has 1 atom stereocenters. The van der Waals surface area contributed by atoms with Gasteiger partial charge in [-0.3, -0.25) is 9.78 Å². The lowest BCUT2D eigenvalue weighted by Gasteiger charge is -2.13. The lowest BCUT2D eigenvalue weighted by molar-refractivity contribution is 0.0951. The molecule has 2 N–H and O–H groups in total. The first kappa shape index (κ1) is 14.5. The van der Waals surface area contributed by atoms with E-state index in [0.29, 0.717) is 12.1 Å². The number of aromatic nitrogens is 1. The molecule has 1 aromatic heterocycles. The van der Waals surface area contributed by atoms with E-state index >= 15 is 0 Å². The molecule has 106 valence electrons. The SMILES string of the molecule is CCN[C@H](C)CNC(=O)c1cccc2ccc(C)nc12. The van der Waals surface area contributed by atoms with Gasteiger partial charge in [0, 0.05) is 23.7 Å². The highest BCUT2D eigenvalue weighted by molar-refractivity contribution is 6.05. The third-order valence-electron chi connectivity index (χ3n) is 3.23. The number of pyridine rings is 1. The molecule has 0 radical (unpaired) electrons. The minimum atomic E-state index is -0.0709. The molecule has 4 heteroatoms. The van der Waals surface area contributed by atoms with Crippen LogP contribution in [0.4, 0.5) is 0 Å². The van der Waals surface area contributed by atoms with Crippen molar-refractivity contribution in [1.82, 2.24) is 15.6 Å². The Morgan fingerprint density at radius 3 is 2.85 bits per heavy atom. The van der Waals surface area contributed by atoms with Crippen LogP contribution in [0.1, 0.15) is 29.9 Å². The van der Waals surface area contributed by atoms with Gasteiger partial charge in [0.1, 0.15) is 0 Å². The van der Waals surface area contributed by atoms with Crippen LogP contribution in [-0.4, -0.2) is 30.0 Å². The summed E-state index contributed by atoms with van der Waals surface area (Å²) in [7, 11) is 0. The van der Waals surface area contributed by atoms with E-state index < -0.39 is 0 Å². The van der Waals surface area contributed by atoms with Gasteiger partial charge in [0.05, 0.1) is 11.1 Å². The molecule has 0 aliphatic carbocycles.